The maximum Gasteiger partial charge on any atom is 0.326 e. The smallest absolute Gasteiger partial charge is 0.326 e. The van der Waals surface area contributed by atoms with Gasteiger partial charge in [-0.3, -0.25) is 14.9 Å². The number of hydrogen-bond donors (Lipinski definition) is 4. The second-order valence-electron chi connectivity index (χ2n) is 8.76. The zero-order chi connectivity index (χ0) is 24.1. The monoisotopic (exact) mass is 460 g/mol. The molecule has 10 heteroatoms. The molecule has 10 nitrogen and oxygen atoms in total. The number of nitrogens with one attached hydrogen (secondary N) is 2. The molecular weight excluding hydrogens is 428 g/mol. The van der Waals surface area contributed by atoms with Crippen molar-refractivity contribution < 1.29 is 29.4 Å². The van der Waals surface area contributed by atoms with Gasteiger partial charge in [0.15, 0.2) is 0 Å². The van der Waals surface area contributed by atoms with Gasteiger partial charge in [-0.05, 0) is 44.1 Å². The first-order valence-corrected chi connectivity index (χ1v) is 11.3. The molecule has 0 saturated carbocycles. The number of hydrogen-bond acceptors (Lipinski definition) is 5. The maximum atomic E-state index is 13.4. The highest BCUT2D eigenvalue weighted by atomic mass is 16.4. The maximum absolute atomic E-state index is 13.4. The van der Waals surface area contributed by atoms with Crippen LogP contribution in [-0.2, 0) is 20.8 Å². The quantitative estimate of drug-likeness (QED) is 0.449. The van der Waals surface area contributed by atoms with Gasteiger partial charge in [0.25, 0.3) is 0 Å². The third-order valence-electron chi connectivity index (χ3n) is 6.67. The van der Waals surface area contributed by atoms with Gasteiger partial charge in [-0.15, -0.1) is 0 Å². The van der Waals surface area contributed by atoms with Crippen molar-refractivity contribution in [1.82, 2.24) is 20.4 Å². The molecule has 1 aromatic carbocycles. The number of likely N-dealkylation sites (tertiary alicyclic amines) is 2. The summed E-state index contributed by atoms with van der Waals surface area (Å²) in [6.07, 6.45) is 1.76. The topological polar surface area (TPSA) is 139 Å². The fraction of sp³-hybridized carbons (Fsp3) is 0.565. The van der Waals surface area contributed by atoms with Gasteiger partial charge in [-0.2, -0.15) is 0 Å². The van der Waals surface area contributed by atoms with Crippen LogP contribution in [0.2, 0.25) is 0 Å². The van der Waals surface area contributed by atoms with E-state index >= 15 is 0 Å². The lowest BCUT2D eigenvalue weighted by atomic mass is 9.91. The first-order chi connectivity index (χ1) is 15.7. The lowest BCUT2D eigenvalue weighted by Gasteiger charge is -2.39. The number of piperidine rings is 1. The van der Waals surface area contributed by atoms with Gasteiger partial charge in [0.05, 0.1) is 12.1 Å². The van der Waals surface area contributed by atoms with Gasteiger partial charge in [-0.1, -0.05) is 30.3 Å². The molecule has 180 valence electrons. The molecular formula is C23H32N4O6. The standard InChI is InChI=1S/C23H32N4O6/c1-14(25-17(21(29)30)9-8-15-6-4-3-5-7-15)20(28)27-18(22(31)32)12-16-10-11-26(13-19(16)27)23(33)24-2/h3-7,14,16-19,25H,8-13H2,1-2H3,(H,24,33)(H,29,30)(H,31,32)/t14-,16+,17-,18+,19+/m0/s1. The lowest BCUT2D eigenvalue weighted by Crippen LogP contribution is -2.59. The molecule has 0 unspecified atom stereocenters. The number of urea groups is 1. The van der Waals surface area contributed by atoms with Gasteiger partial charge >= 0.3 is 18.0 Å². The Hall–Kier alpha value is -3.14. The first kappa shape index (κ1) is 24.5. The molecule has 0 aliphatic carbocycles. The molecule has 3 rings (SSSR count). The van der Waals surface area contributed by atoms with E-state index in [1.54, 1.807) is 11.8 Å². The fourth-order valence-corrected chi connectivity index (χ4v) is 4.91. The number of amides is 3. The van der Waals surface area contributed by atoms with Crippen LogP contribution in [0.15, 0.2) is 30.3 Å². The summed E-state index contributed by atoms with van der Waals surface area (Å²) in [7, 11) is 1.53. The minimum atomic E-state index is -1.09. The number of aliphatic carboxylic acids is 2. The highest BCUT2D eigenvalue weighted by Crippen LogP contribution is 2.36. The van der Waals surface area contributed by atoms with Crippen molar-refractivity contribution in [1.29, 1.82) is 0 Å². The summed E-state index contributed by atoms with van der Waals surface area (Å²) in [5.74, 6) is -2.63. The normalized spacial score (nSPS) is 24.0. The molecule has 0 bridgehead atoms. The van der Waals surface area contributed by atoms with E-state index in [-0.39, 0.29) is 24.9 Å². The predicted octanol–water partition coefficient (Wildman–Crippen LogP) is 0.766. The van der Waals surface area contributed by atoms with Crippen molar-refractivity contribution in [2.24, 2.45) is 5.92 Å². The Balaban J connectivity index is 1.71. The first-order valence-electron chi connectivity index (χ1n) is 11.3. The van der Waals surface area contributed by atoms with E-state index in [0.717, 1.165) is 5.56 Å². The van der Waals surface area contributed by atoms with E-state index < -0.39 is 42.0 Å². The second kappa shape index (κ2) is 10.7. The van der Waals surface area contributed by atoms with Gasteiger partial charge in [-0.25, -0.2) is 9.59 Å². The van der Waals surface area contributed by atoms with Crippen LogP contribution in [0.3, 0.4) is 0 Å². The summed E-state index contributed by atoms with van der Waals surface area (Å²) in [6, 6.07) is 5.95. The Morgan fingerprint density at radius 1 is 1.15 bits per heavy atom. The number of carbonyl (C=O) groups is 4. The van der Waals surface area contributed by atoms with Crippen molar-refractivity contribution in [3.63, 3.8) is 0 Å². The number of carbonyl (C=O) groups excluding carboxylic acids is 2. The van der Waals surface area contributed by atoms with E-state index in [0.29, 0.717) is 25.8 Å². The van der Waals surface area contributed by atoms with Crippen LogP contribution in [0.5, 0.6) is 0 Å². The Morgan fingerprint density at radius 2 is 1.85 bits per heavy atom. The molecule has 3 amide bonds. The molecule has 4 N–H and O–H groups in total. The fourth-order valence-electron chi connectivity index (χ4n) is 4.91. The number of fused-ring (bicyclic) bond motifs is 1. The largest absolute Gasteiger partial charge is 0.480 e. The number of nitrogens with zero attached hydrogens (tertiary/aromatic N) is 2. The number of rotatable bonds is 8. The van der Waals surface area contributed by atoms with Gasteiger partial charge in [0.2, 0.25) is 5.91 Å². The van der Waals surface area contributed by atoms with Crippen molar-refractivity contribution in [3.05, 3.63) is 35.9 Å². The molecule has 2 aliphatic rings. The average molecular weight is 461 g/mol. The number of carboxylic acid groups (broad SMARTS) is 2. The number of carboxylic acids is 2. The van der Waals surface area contributed by atoms with Crippen LogP contribution in [0.25, 0.3) is 0 Å². The zero-order valence-electron chi connectivity index (χ0n) is 18.9. The summed E-state index contributed by atoms with van der Waals surface area (Å²) in [6.45, 7) is 2.32. The molecule has 2 fully saturated rings. The van der Waals surface area contributed by atoms with Crippen LogP contribution < -0.4 is 10.6 Å². The van der Waals surface area contributed by atoms with E-state index in [2.05, 4.69) is 10.6 Å². The average Bonchev–Trinajstić information content (AvgIpc) is 3.20. The van der Waals surface area contributed by atoms with Crippen LogP contribution in [-0.4, -0.2) is 88.2 Å². The third kappa shape index (κ3) is 5.62. The minimum Gasteiger partial charge on any atom is -0.480 e. The lowest BCUT2D eigenvalue weighted by molar-refractivity contribution is -0.151. The van der Waals surface area contributed by atoms with E-state index in [4.69, 9.17) is 0 Å². The predicted molar refractivity (Wildman–Crippen MR) is 120 cm³/mol. The van der Waals surface area contributed by atoms with Crippen LogP contribution >= 0.6 is 0 Å². The highest BCUT2D eigenvalue weighted by Gasteiger charge is 2.50. The van der Waals surface area contributed by atoms with Crippen molar-refractivity contribution in [2.45, 2.75) is 56.8 Å². The van der Waals surface area contributed by atoms with Crippen molar-refractivity contribution in [2.75, 3.05) is 20.1 Å². The molecule has 0 aromatic heterocycles. The van der Waals surface area contributed by atoms with Crippen LogP contribution in [0.4, 0.5) is 4.79 Å². The molecule has 0 spiro atoms. The zero-order valence-corrected chi connectivity index (χ0v) is 18.9. The van der Waals surface area contributed by atoms with Gasteiger partial charge in [0.1, 0.15) is 12.1 Å². The Bertz CT molecular complexity index is 879. The summed E-state index contributed by atoms with van der Waals surface area (Å²) >= 11 is 0. The molecule has 2 heterocycles. The third-order valence-corrected chi connectivity index (χ3v) is 6.67. The summed E-state index contributed by atoms with van der Waals surface area (Å²) in [5.41, 5.74) is 0.995. The molecule has 2 saturated heterocycles. The highest BCUT2D eigenvalue weighted by molar-refractivity contribution is 5.88. The van der Waals surface area contributed by atoms with Crippen molar-refractivity contribution >= 4 is 23.9 Å². The van der Waals surface area contributed by atoms with Crippen LogP contribution in [0, 0.1) is 5.92 Å². The van der Waals surface area contributed by atoms with Crippen molar-refractivity contribution in [3.8, 4) is 0 Å². The molecule has 1 aromatic rings. The van der Waals surface area contributed by atoms with Gasteiger partial charge in [0, 0.05) is 20.1 Å². The van der Waals surface area contributed by atoms with Crippen LogP contribution in [0.1, 0.15) is 31.7 Å². The Kier molecular flexibility index (Phi) is 7.91. The molecule has 0 radical (unpaired) electrons. The van der Waals surface area contributed by atoms with E-state index in [9.17, 15) is 29.4 Å². The van der Waals surface area contributed by atoms with Gasteiger partial charge < -0.3 is 25.3 Å². The molecule has 33 heavy (non-hydrogen) atoms. The Morgan fingerprint density at radius 3 is 2.45 bits per heavy atom. The number of benzene rings is 1. The van der Waals surface area contributed by atoms with E-state index in [1.807, 2.05) is 30.3 Å². The SMILES string of the molecule is CNC(=O)N1CC[C@@H]2C[C@H](C(=O)O)N(C(=O)[C@H](C)N[C@@H](CCc3ccccc3)C(=O)O)[C@@H]2C1. The summed E-state index contributed by atoms with van der Waals surface area (Å²) in [4.78, 5) is 52.2. The minimum absolute atomic E-state index is 0.0171. The summed E-state index contributed by atoms with van der Waals surface area (Å²) < 4.78 is 0. The number of aryl methyl sites for hydroxylation is 1. The molecule has 2 aliphatic heterocycles. The Labute approximate surface area is 192 Å². The second-order valence-corrected chi connectivity index (χ2v) is 8.76. The van der Waals surface area contributed by atoms with E-state index in [1.165, 1.54) is 11.9 Å². The molecule has 5 atom stereocenters. The summed E-state index contributed by atoms with van der Waals surface area (Å²) in [5, 5.41) is 24.9.